The third-order valence-corrected chi connectivity index (χ3v) is 4.07. The molecule has 0 atom stereocenters. The summed E-state index contributed by atoms with van der Waals surface area (Å²) in [6.45, 7) is 0.0295. The zero-order valence-corrected chi connectivity index (χ0v) is 14.8. The molecule has 3 rings (SSSR count). The van der Waals surface area contributed by atoms with Crippen LogP contribution in [0.4, 0.5) is 0 Å². The number of pyridine rings is 1. The zero-order valence-electron chi connectivity index (χ0n) is 13.2. The molecule has 0 spiro atoms. The molecule has 5 nitrogen and oxygen atoms in total. The summed E-state index contributed by atoms with van der Waals surface area (Å²) in [5.74, 6) is -0.985. The first kappa shape index (κ1) is 17.1. The van der Waals surface area contributed by atoms with Crippen LogP contribution in [0.1, 0.15) is 16.1 Å². The summed E-state index contributed by atoms with van der Waals surface area (Å²) in [5, 5.41) is 3.64. The number of ether oxygens (including phenoxy) is 1. The molecule has 0 aliphatic carbocycles. The Kier molecular flexibility index (Phi) is 5.40. The summed E-state index contributed by atoms with van der Waals surface area (Å²) in [4.78, 5) is 28.1. The highest BCUT2D eigenvalue weighted by atomic mass is 79.9. The number of esters is 1. The third-order valence-electron chi connectivity index (χ3n) is 3.54. The number of aromatic nitrogens is 1. The summed E-state index contributed by atoms with van der Waals surface area (Å²) < 4.78 is 6.00. The highest BCUT2D eigenvalue weighted by Gasteiger charge is 2.12. The molecule has 0 bridgehead atoms. The molecule has 2 aromatic carbocycles. The van der Waals surface area contributed by atoms with E-state index in [0.29, 0.717) is 12.1 Å². The maximum Gasteiger partial charge on any atom is 0.357 e. The predicted octanol–water partition coefficient (Wildman–Crippen LogP) is 3.47. The number of fused-ring (bicyclic) bond motifs is 1. The van der Waals surface area contributed by atoms with Gasteiger partial charge in [-0.2, -0.15) is 0 Å². The second-order valence-corrected chi connectivity index (χ2v) is 6.28. The second-order valence-electron chi connectivity index (χ2n) is 5.37. The summed E-state index contributed by atoms with van der Waals surface area (Å²) in [6, 6.07) is 18.4. The molecule has 0 aliphatic rings. The number of para-hydroxylation sites is 1. The van der Waals surface area contributed by atoms with E-state index in [1.807, 2.05) is 48.5 Å². The first-order valence-corrected chi connectivity index (χ1v) is 8.45. The summed E-state index contributed by atoms with van der Waals surface area (Å²) >= 11 is 3.35. The van der Waals surface area contributed by atoms with Gasteiger partial charge in [-0.1, -0.05) is 52.3 Å². The van der Waals surface area contributed by atoms with E-state index >= 15 is 0 Å². The van der Waals surface area contributed by atoms with Crippen molar-refractivity contribution in [1.29, 1.82) is 0 Å². The Labute approximate surface area is 153 Å². The van der Waals surface area contributed by atoms with Gasteiger partial charge >= 0.3 is 5.97 Å². The van der Waals surface area contributed by atoms with Crippen molar-refractivity contribution in [3.05, 3.63) is 76.4 Å². The van der Waals surface area contributed by atoms with Crippen LogP contribution in [0.3, 0.4) is 0 Å². The molecule has 25 heavy (non-hydrogen) atoms. The van der Waals surface area contributed by atoms with Crippen molar-refractivity contribution in [3.63, 3.8) is 0 Å². The molecule has 1 aromatic heterocycles. The summed E-state index contributed by atoms with van der Waals surface area (Å²) in [6.07, 6.45) is 0. The number of nitrogens with one attached hydrogen (secondary N) is 1. The smallest absolute Gasteiger partial charge is 0.357 e. The Balaban J connectivity index is 1.52. The Hall–Kier alpha value is -2.73. The van der Waals surface area contributed by atoms with E-state index in [1.165, 1.54) is 0 Å². The molecule has 126 valence electrons. The van der Waals surface area contributed by atoms with Crippen molar-refractivity contribution in [2.45, 2.75) is 6.54 Å². The lowest BCUT2D eigenvalue weighted by Crippen LogP contribution is -2.28. The van der Waals surface area contributed by atoms with Crippen LogP contribution in [0.2, 0.25) is 0 Å². The number of amides is 1. The van der Waals surface area contributed by atoms with Crippen molar-refractivity contribution < 1.29 is 14.3 Å². The topological polar surface area (TPSA) is 68.3 Å². The lowest BCUT2D eigenvalue weighted by molar-refractivity contribution is -0.124. The molecule has 0 saturated heterocycles. The number of halogens is 1. The molecule has 0 fully saturated rings. The predicted molar refractivity (Wildman–Crippen MR) is 98.0 cm³/mol. The molecule has 3 aromatic rings. The Morgan fingerprint density at radius 2 is 1.76 bits per heavy atom. The minimum Gasteiger partial charge on any atom is -0.451 e. The van der Waals surface area contributed by atoms with Gasteiger partial charge in [0.1, 0.15) is 5.69 Å². The fraction of sp³-hybridized carbons (Fsp3) is 0.105. The number of hydrogen-bond acceptors (Lipinski definition) is 4. The number of nitrogens with zero attached hydrogens (tertiary/aromatic N) is 1. The van der Waals surface area contributed by atoms with Crippen molar-refractivity contribution >= 4 is 38.7 Å². The average Bonchev–Trinajstić information content (AvgIpc) is 2.65. The summed E-state index contributed by atoms with van der Waals surface area (Å²) in [5.41, 5.74) is 1.84. The van der Waals surface area contributed by atoms with Crippen LogP contribution >= 0.6 is 15.9 Å². The molecule has 0 saturated carbocycles. The lowest BCUT2D eigenvalue weighted by atomic mass is 10.2. The highest BCUT2D eigenvalue weighted by molar-refractivity contribution is 9.10. The van der Waals surface area contributed by atoms with Crippen LogP contribution in [-0.2, 0) is 16.1 Å². The minimum absolute atomic E-state index is 0.180. The van der Waals surface area contributed by atoms with E-state index < -0.39 is 5.97 Å². The van der Waals surface area contributed by atoms with E-state index in [-0.39, 0.29) is 18.2 Å². The van der Waals surface area contributed by atoms with Crippen LogP contribution < -0.4 is 5.32 Å². The van der Waals surface area contributed by atoms with Crippen LogP contribution in [0.25, 0.3) is 10.9 Å². The maximum atomic E-state index is 12.0. The number of carbonyl (C=O) groups excluding carboxylic acids is 2. The third kappa shape index (κ3) is 4.64. The molecule has 0 unspecified atom stereocenters. The van der Waals surface area contributed by atoms with E-state index in [4.69, 9.17) is 4.74 Å². The Bertz CT molecular complexity index is 910. The summed E-state index contributed by atoms with van der Waals surface area (Å²) in [7, 11) is 0. The molecule has 0 aliphatic heterocycles. The van der Waals surface area contributed by atoms with Crippen LogP contribution in [0.5, 0.6) is 0 Å². The van der Waals surface area contributed by atoms with Gasteiger partial charge in [0.15, 0.2) is 6.61 Å². The van der Waals surface area contributed by atoms with Crippen molar-refractivity contribution in [3.8, 4) is 0 Å². The molecule has 6 heteroatoms. The van der Waals surface area contributed by atoms with Crippen molar-refractivity contribution in [1.82, 2.24) is 10.3 Å². The number of rotatable bonds is 5. The average molecular weight is 399 g/mol. The van der Waals surface area contributed by atoms with Gasteiger partial charge in [-0.3, -0.25) is 4.79 Å². The van der Waals surface area contributed by atoms with E-state index in [9.17, 15) is 9.59 Å². The fourth-order valence-electron chi connectivity index (χ4n) is 2.24. The number of hydrogen-bond donors (Lipinski definition) is 1. The largest absolute Gasteiger partial charge is 0.451 e. The molecule has 0 radical (unpaired) electrons. The van der Waals surface area contributed by atoms with E-state index in [2.05, 4.69) is 26.2 Å². The normalized spacial score (nSPS) is 10.4. The first-order chi connectivity index (χ1) is 12.1. The van der Waals surface area contributed by atoms with Crippen LogP contribution in [-0.4, -0.2) is 23.5 Å². The van der Waals surface area contributed by atoms with Gasteiger partial charge in [0.25, 0.3) is 5.91 Å². The molecule has 1 N–H and O–H groups in total. The quantitative estimate of drug-likeness (QED) is 0.668. The van der Waals surface area contributed by atoms with Gasteiger partial charge in [-0.15, -0.1) is 0 Å². The second kappa shape index (κ2) is 7.90. The Morgan fingerprint density at radius 1 is 1.00 bits per heavy atom. The van der Waals surface area contributed by atoms with E-state index in [1.54, 1.807) is 12.1 Å². The van der Waals surface area contributed by atoms with Gasteiger partial charge in [0.05, 0.1) is 5.52 Å². The van der Waals surface area contributed by atoms with Crippen molar-refractivity contribution in [2.24, 2.45) is 0 Å². The number of carbonyl (C=O) groups is 2. The zero-order chi connectivity index (χ0) is 17.6. The highest BCUT2D eigenvalue weighted by Crippen LogP contribution is 2.12. The molecular formula is C19H15BrN2O3. The van der Waals surface area contributed by atoms with Crippen LogP contribution in [0.15, 0.2) is 65.1 Å². The molecule has 1 heterocycles. The number of benzene rings is 2. The van der Waals surface area contributed by atoms with Gasteiger partial charge in [0.2, 0.25) is 0 Å². The monoisotopic (exact) mass is 398 g/mol. The minimum atomic E-state index is -0.621. The fourth-order valence-corrected chi connectivity index (χ4v) is 2.50. The Morgan fingerprint density at radius 3 is 2.56 bits per heavy atom. The van der Waals surface area contributed by atoms with Gasteiger partial charge in [0, 0.05) is 16.4 Å². The van der Waals surface area contributed by atoms with Crippen LogP contribution in [0, 0.1) is 0 Å². The van der Waals surface area contributed by atoms with Gasteiger partial charge in [-0.25, -0.2) is 9.78 Å². The van der Waals surface area contributed by atoms with Gasteiger partial charge in [-0.05, 0) is 29.8 Å². The SMILES string of the molecule is O=C(COC(=O)c1ccc2ccccc2n1)NCc1ccc(Br)cc1. The maximum absolute atomic E-state index is 12.0. The first-order valence-electron chi connectivity index (χ1n) is 7.66. The van der Waals surface area contributed by atoms with Gasteiger partial charge < -0.3 is 10.1 Å². The van der Waals surface area contributed by atoms with E-state index in [0.717, 1.165) is 15.4 Å². The lowest BCUT2D eigenvalue weighted by Gasteiger charge is -2.07. The molecular weight excluding hydrogens is 384 g/mol. The standard InChI is InChI=1S/C19H15BrN2O3/c20-15-8-5-13(6-9-15)11-21-18(23)12-25-19(24)17-10-7-14-3-1-2-4-16(14)22-17/h1-10H,11-12H2,(H,21,23). The van der Waals surface area contributed by atoms with Crippen molar-refractivity contribution in [2.75, 3.05) is 6.61 Å². The molecule has 1 amide bonds.